The number of carboxylic acid groups (broad SMARTS) is 2. The van der Waals surface area contributed by atoms with Crippen molar-refractivity contribution in [2.24, 2.45) is 11.8 Å². The first-order valence-electron chi connectivity index (χ1n) is 26.4. The zero-order chi connectivity index (χ0) is 56.4. The van der Waals surface area contributed by atoms with Gasteiger partial charge in [-0.1, -0.05) is 76.2 Å². The van der Waals surface area contributed by atoms with E-state index >= 15 is 0 Å². The number of rotatable bonds is 24. The molecule has 0 saturated carbocycles. The molecule has 3 heterocycles. The van der Waals surface area contributed by atoms with Gasteiger partial charge in [0.15, 0.2) is 0 Å². The summed E-state index contributed by atoms with van der Waals surface area (Å²) in [5.74, 6) is -3.00. The highest BCUT2D eigenvalue weighted by atomic mass is 16.4. The molecule has 0 saturated heterocycles. The number of carboxylic acids is 2. The maximum atomic E-state index is 14.3. The van der Waals surface area contributed by atoms with Crippen molar-refractivity contribution in [3.05, 3.63) is 169 Å². The monoisotopic (exact) mass is 1050 g/mol. The number of amides is 2. The van der Waals surface area contributed by atoms with Crippen LogP contribution in [0.2, 0.25) is 0 Å². The fourth-order valence-electron chi connectivity index (χ4n) is 10.4. The number of nitrogens with one attached hydrogen (secondary N) is 2. The predicted molar refractivity (Wildman–Crippen MR) is 304 cm³/mol. The van der Waals surface area contributed by atoms with E-state index in [0.717, 1.165) is 73.3 Å². The van der Waals surface area contributed by atoms with Crippen LogP contribution in [-0.4, -0.2) is 92.6 Å². The molecule has 77 heavy (non-hydrogen) atoms. The molecule has 2 amide bonds. The molecule has 3 aromatic carbocycles. The van der Waals surface area contributed by atoms with Gasteiger partial charge in [-0.2, -0.15) is 0 Å². The lowest BCUT2D eigenvalue weighted by Crippen LogP contribution is -2.40. The van der Waals surface area contributed by atoms with Crippen LogP contribution < -0.4 is 21.8 Å². The molecular weight excluding hydrogens is 971 g/mol. The van der Waals surface area contributed by atoms with Crippen molar-refractivity contribution in [2.75, 3.05) is 34.7 Å². The third-order valence-corrected chi connectivity index (χ3v) is 14.1. The smallest absolute Gasteiger partial charge is 0.305 e. The molecule has 0 radical (unpaired) electrons. The van der Waals surface area contributed by atoms with Crippen LogP contribution in [0.15, 0.2) is 113 Å². The van der Waals surface area contributed by atoms with Crippen molar-refractivity contribution < 1.29 is 29.4 Å². The molecule has 3 aromatic heterocycles. The lowest BCUT2D eigenvalue weighted by Gasteiger charge is -2.26. The normalized spacial score (nSPS) is 13.2. The summed E-state index contributed by atoms with van der Waals surface area (Å²) in [6.07, 6.45) is 7.29. The Morgan fingerprint density at radius 1 is 0.597 bits per heavy atom. The first kappa shape index (κ1) is 58.8. The van der Waals surface area contributed by atoms with Gasteiger partial charge in [0.25, 0.3) is 11.1 Å². The molecule has 0 aliphatic carbocycles. The number of hydrogen-bond acceptors (Lipinski definition) is 9. The van der Waals surface area contributed by atoms with E-state index < -0.39 is 54.3 Å². The van der Waals surface area contributed by atoms with E-state index in [-0.39, 0.29) is 29.4 Å². The highest BCUT2D eigenvalue weighted by molar-refractivity contribution is 5.87. The number of aliphatic carboxylic acids is 2. The first-order valence-corrected chi connectivity index (χ1v) is 26.4. The maximum Gasteiger partial charge on any atom is 0.305 e. The Labute approximate surface area is 453 Å². The lowest BCUT2D eigenvalue weighted by molar-refractivity contribution is -0.139. The van der Waals surface area contributed by atoms with E-state index in [0.29, 0.717) is 36.9 Å². The van der Waals surface area contributed by atoms with Crippen molar-refractivity contribution in [1.82, 2.24) is 34.6 Å². The Hall–Kier alpha value is -7.49. The van der Waals surface area contributed by atoms with Gasteiger partial charge in [0, 0.05) is 55.6 Å². The van der Waals surface area contributed by atoms with E-state index in [9.17, 15) is 39.0 Å². The number of likely N-dealkylation sites (N-methyl/N-ethyl adjacent to an activating group) is 1. The number of nitrogens with zero attached hydrogens (tertiary/aromatic N) is 5. The zero-order valence-corrected chi connectivity index (χ0v) is 46.8. The van der Waals surface area contributed by atoms with Crippen LogP contribution in [-0.2, 0) is 32.1 Å². The third kappa shape index (κ3) is 15.1. The maximum absolute atomic E-state index is 14.3. The molecule has 6 aromatic rings. The quantitative estimate of drug-likeness (QED) is 0.0451. The summed E-state index contributed by atoms with van der Waals surface area (Å²) in [4.78, 5) is 88.9. The van der Waals surface area contributed by atoms with Gasteiger partial charge in [0.1, 0.15) is 12.1 Å². The summed E-state index contributed by atoms with van der Waals surface area (Å²) < 4.78 is 2.90. The van der Waals surface area contributed by atoms with Crippen LogP contribution in [0.1, 0.15) is 122 Å². The minimum Gasteiger partial charge on any atom is -0.481 e. The van der Waals surface area contributed by atoms with Crippen molar-refractivity contribution in [3.8, 4) is 33.4 Å². The summed E-state index contributed by atoms with van der Waals surface area (Å²) >= 11 is 0. The van der Waals surface area contributed by atoms with Gasteiger partial charge in [0.05, 0.1) is 24.9 Å². The third-order valence-electron chi connectivity index (χ3n) is 14.1. The van der Waals surface area contributed by atoms with Crippen molar-refractivity contribution >= 4 is 23.8 Å². The van der Waals surface area contributed by atoms with Gasteiger partial charge in [-0.25, -0.2) is 0 Å². The van der Waals surface area contributed by atoms with Gasteiger partial charge in [0.2, 0.25) is 11.8 Å². The van der Waals surface area contributed by atoms with Crippen LogP contribution in [0.3, 0.4) is 0 Å². The number of benzene rings is 3. The van der Waals surface area contributed by atoms with Gasteiger partial charge in [-0.15, -0.1) is 0 Å². The van der Waals surface area contributed by atoms with Gasteiger partial charge in [-0.3, -0.25) is 33.8 Å². The molecule has 15 nitrogen and oxygen atoms in total. The van der Waals surface area contributed by atoms with E-state index in [4.69, 9.17) is 0 Å². The fraction of sp³-hybridized carbons (Fsp3) is 0.403. The number of aromatic nitrogens is 3. The van der Waals surface area contributed by atoms with Gasteiger partial charge in [-0.05, 0) is 178 Å². The standard InChI is InChI=1S/C62H77N7O8/c1-37(2)26-53(68-25-23-43(28-56(68)71)22-24-66(9)10)61(76)65-52(32-58(74)75)47-30-48(34-63-33-47)60-40(6)17-20-50(42(60)8)49-19-16-39(5)59(41(49)7)46-15-13-14-45(29-46)51(31-57(72)73)64-62(77)54(27-38(3)4)69-36-44(35-67(11)12)18-21-55(69)70/h13-21,23,25,28-30,33-34,36-38,51-54H,22,24,26-27,31-32,35H2,1-12H3,(H,64,77)(H,65,76)(H,72,73)(H,74,75)/t51-,52-,53-,54-/m0/s1. The van der Waals surface area contributed by atoms with E-state index in [1.165, 1.54) is 15.2 Å². The van der Waals surface area contributed by atoms with Crippen LogP contribution in [0.5, 0.6) is 0 Å². The van der Waals surface area contributed by atoms with E-state index in [2.05, 4.69) is 40.7 Å². The van der Waals surface area contributed by atoms with Gasteiger partial charge < -0.3 is 39.8 Å². The Balaban J connectivity index is 1.34. The molecule has 0 fully saturated rings. The van der Waals surface area contributed by atoms with Crippen LogP contribution >= 0.6 is 0 Å². The van der Waals surface area contributed by atoms with Crippen molar-refractivity contribution in [3.63, 3.8) is 0 Å². The number of pyridine rings is 3. The molecule has 4 atom stereocenters. The summed E-state index contributed by atoms with van der Waals surface area (Å²) in [6, 6.07) is 20.8. The van der Waals surface area contributed by atoms with E-state index in [1.807, 2.05) is 129 Å². The Kier molecular flexibility index (Phi) is 19.9. The molecule has 4 N–H and O–H groups in total. The van der Waals surface area contributed by atoms with Gasteiger partial charge >= 0.3 is 11.9 Å². The fourth-order valence-corrected chi connectivity index (χ4v) is 10.4. The number of carbonyl (C=O) groups is 4. The minimum absolute atomic E-state index is 0.0479. The molecule has 0 bridgehead atoms. The molecule has 0 spiro atoms. The molecule has 0 aliphatic rings. The van der Waals surface area contributed by atoms with E-state index in [1.54, 1.807) is 36.9 Å². The molecular formula is C62H77N7O8. The molecule has 0 aliphatic heterocycles. The largest absolute Gasteiger partial charge is 0.481 e. The number of carbonyl (C=O) groups excluding carboxylic acids is 2. The summed E-state index contributed by atoms with van der Waals surface area (Å²) in [5, 5.41) is 26.4. The second kappa shape index (κ2) is 26.0. The average Bonchev–Trinajstić information content (AvgIpc) is 3.36. The Bertz CT molecular complexity index is 3230. The summed E-state index contributed by atoms with van der Waals surface area (Å²) in [6.45, 7) is 17.4. The second-order valence-electron chi connectivity index (χ2n) is 22.0. The molecule has 15 heteroatoms. The lowest BCUT2D eigenvalue weighted by atomic mass is 9.84. The summed E-state index contributed by atoms with van der Waals surface area (Å²) in [7, 11) is 7.78. The van der Waals surface area contributed by atoms with Crippen LogP contribution in [0.25, 0.3) is 33.4 Å². The zero-order valence-electron chi connectivity index (χ0n) is 46.8. The van der Waals surface area contributed by atoms with Crippen LogP contribution in [0.4, 0.5) is 0 Å². The second-order valence-corrected chi connectivity index (χ2v) is 22.0. The molecule has 0 unspecified atom stereocenters. The highest BCUT2D eigenvalue weighted by Gasteiger charge is 2.30. The Morgan fingerprint density at radius 2 is 1.14 bits per heavy atom. The van der Waals surface area contributed by atoms with Crippen LogP contribution in [0, 0.1) is 39.5 Å². The highest BCUT2D eigenvalue weighted by Crippen LogP contribution is 2.41. The molecule has 6 rings (SSSR count). The number of aryl methyl sites for hydroxylation is 2. The first-order chi connectivity index (χ1) is 36.4. The average molecular weight is 1050 g/mol. The predicted octanol–water partition coefficient (Wildman–Crippen LogP) is 9.64. The van der Waals surface area contributed by atoms with Crippen molar-refractivity contribution in [1.29, 1.82) is 0 Å². The number of hydrogen-bond donors (Lipinski definition) is 4. The summed E-state index contributed by atoms with van der Waals surface area (Å²) in [5.41, 5.74) is 11.4. The van der Waals surface area contributed by atoms with Crippen molar-refractivity contribution in [2.45, 2.75) is 118 Å². The minimum atomic E-state index is -1.11. The Morgan fingerprint density at radius 3 is 1.68 bits per heavy atom. The SMILES string of the molecule is Cc1ccc(-c2ccc(C)c(-c3cncc([C@H](CC(=O)O)NC(=O)[C@H](CC(C)C)n4ccc(CCN(C)C)cc4=O)c3)c2C)c(C)c1-c1cccc([C@H](CC(=O)O)NC(=O)[C@H](CC(C)C)n2cc(CN(C)C)ccc2=O)c1. The topological polar surface area (TPSA) is 196 Å². The molecule has 408 valence electrons.